The highest BCUT2D eigenvalue weighted by Crippen LogP contribution is 2.77. The molecule has 1 heterocycles. The number of rotatable bonds is 7. The van der Waals surface area contributed by atoms with Gasteiger partial charge in [-0.25, -0.2) is 4.79 Å². The number of amides is 1. The molecule has 0 aliphatic heterocycles. The molecule has 10 atom stereocenters. The zero-order valence-electron chi connectivity index (χ0n) is 33.4. The average Bonchev–Trinajstić information content (AvgIpc) is 3.63. The van der Waals surface area contributed by atoms with E-state index in [1.807, 2.05) is 20.8 Å². The summed E-state index contributed by atoms with van der Waals surface area (Å²) in [5.41, 5.74) is -1.49. The van der Waals surface area contributed by atoms with E-state index in [0.717, 1.165) is 44.9 Å². The molecule has 5 aliphatic rings. The highest BCUT2D eigenvalue weighted by atomic mass is 16.6. The first-order valence-electron chi connectivity index (χ1n) is 19.8. The minimum absolute atomic E-state index is 0.00282. The van der Waals surface area contributed by atoms with Crippen LogP contribution in [-0.4, -0.2) is 46.8 Å². The number of carbonyl (C=O) groups is 4. The molecular formula is C43H65NO7. The van der Waals surface area contributed by atoms with Gasteiger partial charge in [-0.05, 0) is 130 Å². The standard InChI is InChI=1S/C43H65NO7/c1-26(2)35-30(46)23-43(33(47)25-44(24-28-13-12-22-49-28)37(48)51-38(4,5)6)21-20-41(10)29(36(35)43)14-15-32-40(9)18-17-34(50-27(3)45)39(7,8)31(40)16-19-42(32,41)11/h12-13,22,26,29,31-32,34-36H,14-21,23-25H2,1-11H3/t29-,31+,32-,34+,35?,36?,40+,41-,42-,43+/m1/s1. The first-order valence-corrected chi connectivity index (χ1v) is 19.8. The van der Waals surface area contributed by atoms with Crippen molar-refractivity contribution >= 4 is 23.6 Å². The van der Waals surface area contributed by atoms with Crippen LogP contribution in [0.25, 0.3) is 0 Å². The van der Waals surface area contributed by atoms with Gasteiger partial charge in [-0.1, -0.05) is 48.5 Å². The summed E-state index contributed by atoms with van der Waals surface area (Å²) in [5.74, 6) is 1.71. The third kappa shape index (κ3) is 6.01. The Morgan fingerprint density at radius 2 is 1.65 bits per heavy atom. The normalized spacial score (nSPS) is 40.0. The van der Waals surface area contributed by atoms with Crippen molar-refractivity contribution < 1.29 is 33.1 Å². The number of carbonyl (C=O) groups excluding carboxylic acids is 4. The van der Waals surface area contributed by atoms with Gasteiger partial charge in [0.25, 0.3) is 0 Å². The number of Topliss-reactive ketones (excluding diaryl/α,β-unsaturated/α-hetero) is 2. The molecule has 0 bridgehead atoms. The second-order valence-corrected chi connectivity index (χ2v) is 20.1. The van der Waals surface area contributed by atoms with E-state index in [1.165, 1.54) is 11.8 Å². The summed E-state index contributed by atoms with van der Waals surface area (Å²) in [7, 11) is 0. The highest BCUT2D eigenvalue weighted by molar-refractivity contribution is 5.98. The molecule has 1 aromatic rings. The van der Waals surface area contributed by atoms with Crippen LogP contribution in [0, 0.1) is 62.6 Å². The van der Waals surface area contributed by atoms with Gasteiger partial charge >= 0.3 is 12.1 Å². The number of esters is 1. The van der Waals surface area contributed by atoms with E-state index in [-0.39, 0.29) is 88.5 Å². The van der Waals surface area contributed by atoms with E-state index < -0.39 is 17.1 Å². The van der Waals surface area contributed by atoms with Crippen LogP contribution in [0.15, 0.2) is 22.8 Å². The molecule has 0 aromatic carbocycles. The maximum absolute atomic E-state index is 15.0. The lowest BCUT2D eigenvalue weighted by Crippen LogP contribution is -2.67. The van der Waals surface area contributed by atoms with E-state index >= 15 is 4.79 Å². The molecule has 0 N–H and O–H groups in total. The van der Waals surface area contributed by atoms with Crippen LogP contribution in [0.4, 0.5) is 4.79 Å². The maximum atomic E-state index is 15.0. The summed E-state index contributed by atoms with van der Waals surface area (Å²) in [4.78, 5) is 56.4. The molecule has 8 nitrogen and oxygen atoms in total. The number of fused-ring (bicyclic) bond motifs is 7. The lowest BCUT2D eigenvalue weighted by Gasteiger charge is -2.72. The molecule has 0 spiro atoms. The minimum Gasteiger partial charge on any atom is -0.467 e. The van der Waals surface area contributed by atoms with Crippen molar-refractivity contribution in [3.63, 3.8) is 0 Å². The maximum Gasteiger partial charge on any atom is 0.411 e. The van der Waals surface area contributed by atoms with Gasteiger partial charge < -0.3 is 13.9 Å². The van der Waals surface area contributed by atoms with Crippen LogP contribution < -0.4 is 0 Å². The van der Waals surface area contributed by atoms with Crippen LogP contribution in [-0.2, 0) is 30.4 Å². The molecule has 51 heavy (non-hydrogen) atoms. The molecule has 5 fully saturated rings. The lowest BCUT2D eigenvalue weighted by molar-refractivity contribution is -0.250. The second kappa shape index (κ2) is 12.7. The number of nitrogens with zero attached hydrogens (tertiary/aromatic N) is 1. The first kappa shape index (κ1) is 38.1. The third-order valence-electron chi connectivity index (χ3n) is 15.8. The van der Waals surface area contributed by atoms with Gasteiger partial charge in [-0.2, -0.15) is 0 Å². The number of ether oxygens (including phenoxy) is 2. The second-order valence-electron chi connectivity index (χ2n) is 20.1. The summed E-state index contributed by atoms with van der Waals surface area (Å²) >= 11 is 0. The molecule has 8 heteroatoms. The molecule has 1 aromatic heterocycles. The fourth-order valence-electron chi connectivity index (χ4n) is 13.5. The molecule has 284 valence electrons. The van der Waals surface area contributed by atoms with Crippen molar-refractivity contribution in [3.05, 3.63) is 24.2 Å². The SMILES string of the molecule is CC(=O)O[C@H]1CC[C@]2(C)[C@H]3CC[C@@H]4C5C(C(C)C)C(=O)C[C@]5(C(=O)CN(Cc5ccco5)C(=O)OC(C)(C)C)CC[C@@]4(C)[C@]3(C)CC[C@H]2C1(C)C. The third-order valence-corrected chi connectivity index (χ3v) is 15.8. The zero-order chi connectivity index (χ0) is 37.5. The monoisotopic (exact) mass is 707 g/mol. The molecule has 2 unspecified atom stereocenters. The van der Waals surface area contributed by atoms with Crippen LogP contribution in [0.3, 0.4) is 0 Å². The van der Waals surface area contributed by atoms with E-state index in [0.29, 0.717) is 24.0 Å². The lowest BCUT2D eigenvalue weighted by atomic mass is 9.32. The largest absolute Gasteiger partial charge is 0.467 e. The van der Waals surface area contributed by atoms with Gasteiger partial charge in [0.15, 0.2) is 5.78 Å². The predicted molar refractivity (Wildman–Crippen MR) is 195 cm³/mol. The molecule has 6 rings (SSSR count). The Hall–Kier alpha value is -2.64. The van der Waals surface area contributed by atoms with Crippen molar-refractivity contribution in [2.45, 2.75) is 152 Å². The number of furan rings is 1. The highest BCUT2D eigenvalue weighted by Gasteiger charge is 2.73. The van der Waals surface area contributed by atoms with E-state index in [4.69, 9.17) is 13.9 Å². The predicted octanol–water partition coefficient (Wildman–Crippen LogP) is 9.43. The van der Waals surface area contributed by atoms with Crippen molar-refractivity contribution in [1.82, 2.24) is 4.90 Å². The first-order chi connectivity index (χ1) is 23.6. The topological polar surface area (TPSA) is 103 Å². The molecule has 1 amide bonds. The molecule has 5 saturated carbocycles. The van der Waals surface area contributed by atoms with E-state index in [1.54, 1.807) is 18.4 Å². The molecule has 0 radical (unpaired) electrons. The van der Waals surface area contributed by atoms with E-state index in [2.05, 4.69) is 48.5 Å². The summed E-state index contributed by atoms with van der Waals surface area (Å²) < 4.78 is 17.4. The summed E-state index contributed by atoms with van der Waals surface area (Å²) in [6.45, 7) is 23.6. The smallest absolute Gasteiger partial charge is 0.411 e. The van der Waals surface area contributed by atoms with Crippen molar-refractivity contribution in [1.29, 1.82) is 0 Å². The summed E-state index contributed by atoms with van der Waals surface area (Å²) in [6.07, 6.45) is 9.02. The Balaban J connectivity index is 1.34. The fraction of sp³-hybridized carbons (Fsp3) is 0.814. The summed E-state index contributed by atoms with van der Waals surface area (Å²) in [5, 5.41) is 0. The quantitative estimate of drug-likeness (QED) is 0.260. The number of ketones is 2. The van der Waals surface area contributed by atoms with Gasteiger partial charge in [0.1, 0.15) is 23.2 Å². The Morgan fingerprint density at radius 3 is 2.25 bits per heavy atom. The Labute approximate surface area is 306 Å². The van der Waals surface area contributed by atoms with Crippen molar-refractivity contribution in [3.8, 4) is 0 Å². The zero-order valence-corrected chi connectivity index (χ0v) is 33.4. The Kier molecular flexibility index (Phi) is 9.52. The van der Waals surface area contributed by atoms with Gasteiger partial charge in [0.2, 0.25) is 0 Å². The average molecular weight is 708 g/mol. The molecular weight excluding hydrogens is 642 g/mol. The van der Waals surface area contributed by atoms with Gasteiger partial charge in [0, 0.05) is 30.1 Å². The Bertz CT molecular complexity index is 1520. The summed E-state index contributed by atoms with van der Waals surface area (Å²) in [6, 6.07) is 3.59. The molecule has 0 saturated heterocycles. The van der Waals surface area contributed by atoms with Gasteiger partial charge in [-0.15, -0.1) is 0 Å². The van der Waals surface area contributed by atoms with E-state index in [9.17, 15) is 14.4 Å². The minimum atomic E-state index is -0.798. The van der Waals surface area contributed by atoms with Gasteiger partial charge in [-0.3, -0.25) is 19.3 Å². The van der Waals surface area contributed by atoms with Crippen LogP contribution in [0.2, 0.25) is 0 Å². The molecule has 5 aliphatic carbocycles. The van der Waals surface area contributed by atoms with Crippen molar-refractivity contribution in [2.24, 2.45) is 62.6 Å². The number of hydrogen-bond acceptors (Lipinski definition) is 7. The number of hydrogen-bond donors (Lipinski definition) is 0. The van der Waals surface area contributed by atoms with Crippen LogP contribution in [0.5, 0.6) is 0 Å². The van der Waals surface area contributed by atoms with Crippen LogP contribution >= 0.6 is 0 Å². The van der Waals surface area contributed by atoms with Crippen molar-refractivity contribution in [2.75, 3.05) is 6.54 Å². The van der Waals surface area contributed by atoms with Gasteiger partial charge in [0.05, 0.1) is 19.4 Å². The fourth-order valence-corrected chi connectivity index (χ4v) is 13.5. The Morgan fingerprint density at radius 1 is 0.941 bits per heavy atom. The van der Waals surface area contributed by atoms with Crippen LogP contribution in [0.1, 0.15) is 140 Å².